The molecule has 0 aromatic heterocycles. The van der Waals surface area contributed by atoms with Crippen molar-refractivity contribution in [3.63, 3.8) is 0 Å². The van der Waals surface area contributed by atoms with E-state index in [0.717, 1.165) is 23.1 Å². The third kappa shape index (κ3) is 3.84. The summed E-state index contributed by atoms with van der Waals surface area (Å²) in [5.74, 6) is 0.525. The quantitative estimate of drug-likeness (QED) is 0.447. The zero-order valence-electron chi connectivity index (χ0n) is 16.6. The Hall–Kier alpha value is -1.81. The molecule has 4 heteroatoms. The van der Waals surface area contributed by atoms with E-state index in [4.69, 9.17) is 11.6 Å². The molecule has 0 bridgehead atoms. The van der Waals surface area contributed by atoms with E-state index in [1.807, 2.05) is 12.1 Å². The summed E-state index contributed by atoms with van der Waals surface area (Å²) in [5.41, 5.74) is 3.20. The topological polar surface area (TPSA) is 23.5 Å². The predicted octanol–water partition coefficient (Wildman–Crippen LogP) is 6.93. The lowest BCUT2D eigenvalue weighted by Crippen LogP contribution is -2.32. The summed E-state index contributed by atoms with van der Waals surface area (Å²) in [6, 6.07) is 24.7. The minimum atomic E-state index is -0.276. The average Bonchev–Trinajstić information content (AvgIpc) is 3.08. The molecule has 1 fully saturated rings. The van der Waals surface area contributed by atoms with Crippen molar-refractivity contribution in [3.8, 4) is 5.75 Å². The lowest BCUT2D eigenvalue weighted by Gasteiger charge is -2.33. The third-order valence-corrected chi connectivity index (χ3v) is 7.36. The summed E-state index contributed by atoms with van der Waals surface area (Å²) >= 11 is 10.1. The highest BCUT2D eigenvalue weighted by Gasteiger charge is 2.48. The average molecular weight is 471 g/mol. The third-order valence-electron chi connectivity index (χ3n) is 6.40. The van der Waals surface area contributed by atoms with Crippen molar-refractivity contribution >= 4 is 27.5 Å². The molecule has 3 aromatic carbocycles. The molecule has 1 N–H and O–H groups in total. The van der Waals surface area contributed by atoms with Gasteiger partial charge < -0.3 is 5.11 Å². The van der Waals surface area contributed by atoms with E-state index in [1.54, 1.807) is 12.1 Å². The SMILES string of the molecule is C[C@H](c1ccccc1)N1C[C@@H](c2ccccc2Br)[C@](C)(c2cc(Cl)ccc2O)C1. The van der Waals surface area contributed by atoms with Crippen LogP contribution in [0, 0.1) is 0 Å². The van der Waals surface area contributed by atoms with Gasteiger partial charge in [-0.1, -0.05) is 83.0 Å². The first-order chi connectivity index (χ1) is 13.9. The Morgan fingerprint density at radius 1 is 1.07 bits per heavy atom. The number of rotatable bonds is 4. The molecule has 1 aliphatic rings. The number of hydrogen-bond donors (Lipinski definition) is 1. The maximum absolute atomic E-state index is 10.7. The van der Waals surface area contributed by atoms with Crippen molar-refractivity contribution in [1.82, 2.24) is 4.90 Å². The molecule has 0 aliphatic carbocycles. The molecule has 0 saturated carbocycles. The summed E-state index contributed by atoms with van der Waals surface area (Å²) in [6.07, 6.45) is 0. The summed E-state index contributed by atoms with van der Waals surface area (Å²) in [6.45, 7) is 6.25. The van der Waals surface area contributed by atoms with Crippen LogP contribution < -0.4 is 0 Å². The first kappa shape index (κ1) is 20.5. The predicted molar refractivity (Wildman–Crippen MR) is 124 cm³/mol. The van der Waals surface area contributed by atoms with Gasteiger partial charge >= 0.3 is 0 Å². The van der Waals surface area contributed by atoms with Crippen molar-refractivity contribution in [1.29, 1.82) is 0 Å². The summed E-state index contributed by atoms with van der Waals surface area (Å²) in [4.78, 5) is 2.51. The van der Waals surface area contributed by atoms with Gasteiger partial charge in [0, 0.05) is 45.5 Å². The van der Waals surface area contributed by atoms with Crippen molar-refractivity contribution < 1.29 is 5.11 Å². The fraction of sp³-hybridized carbons (Fsp3) is 0.280. The first-order valence-electron chi connectivity index (χ1n) is 9.92. The molecule has 1 heterocycles. The number of nitrogens with zero attached hydrogens (tertiary/aromatic N) is 1. The largest absolute Gasteiger partial charge is 0.508 e. The number of phenols is 1. The van der Waals surface area contributed by atoms with E-state index in [0.29, 0.717) is 10.8 Å². The maximum atomic E-state index is 10.7. The monoisotopic (exact) mass is 469 g/mol. The zero-order chi connectivity index (χ0) is 20.6. The number of hydrogen-bond acceptors (Lipinski definition) is 2. The molecular formula is C25H25BrClNO. The van der Waals surface area contributed by atoms with Crippen molar-refractivity contribution in [2.24, 2.45) is 0 Å². The van der Waals surface area contributed by atoms with Crippen LogP contribution >= 0.6 is 27.5 Å². The molecule has 1 aliphatic heterocycles. The van der Waals surface area contributed by atoms with Gasteiger partial charge in [-0.15, -0.1) is 0 Å². The van der Waals surface area contributed by atoms with Gasteiger partial charge in [0.1, 0.15) is 5.75 Å². The molecule has 4 rings (SSSR count). The van der Waals surface area contributed by atoms with Crippen LogP contribution in [0.3, 0.4) is 0 Å². The van der Waals surface area contributed by atoms with Gasteiger partial charge in [-0.05, 0) is 42.3 Å². The summed E-state index contributed by atoms with van der Waals surface area (Å²) < 4.78 is 1.10. The normalized spacial score (nSPS) is 23.2. The number of aromatic hydroxyl groups is 1. The van der Waals surface area contributed by atoms with Crippen LogP contribution in [0.25, 0.3) is 0 Å². The van der Waals surface area contributed by atoms with Crippen LogP contribution in [0.1, 0.15) is 42.5 Å². The Balaban J connectivity index is 1.80. The van der Waals surface area contributed by atoms with Gasteiger partial charge in [-0.3, -0.25) is 4.90 Å². The summed E-state index contributed by atoms with van der Waals surface area (Å²) in [7, 11) is 0. The maximum Gasteiger partial charge on any atom is 0.119 e. The second-order valence-corrected chi connectivity index (χ2v) is 9.46. The van der Waals surface area contributed by atoms with E-state index < -0.39 is 0 Å². The molecule has 0 radical (unpaired) electrons. The zero-order valence-corrected chi connectivity index (χ0v) is 19.0. The van der Waals surface area contributed by atoms with Gasteiger partial charge in [0.05, 0.1) is 0 Å². The minimum absolute atomic E-state index is 0.216. The standard InChI is InChI=1S/C25H25BrClNO/c1-17(18-8-4-3-5-9-18)28-15-22(20-10-6-7-11-23(20)26)25(2,16-28)21-14-19(27)12-13-24(21)29/h3-14,17,22,29H,15-16H2,1-2H3/t17-,22+,25+/m1/s1. The molecule has 0 spiro atoms. The molecule has 3 atom stereocenters. The van der Waals surface area contributed by atoms with Crippen molar-refractivity contribution in [3.05, 3.63) is 99.0 Å². The fourth-order valence-corrected chi connectivity index (χ4v) is 5.44. The fourth-order valence-electron chi connectivity index (χ4n) is 4.71. The van der Waals surface area contributed by atoms with Crippen LogP contribution in [-0.2, 0) is 5.41 Å². The number of benzene rings is 3. The number of phenolic OH excluding ortho intramolecular Hbond substituents is 1. The molecule has 1 saturated heterocycles. The van der Waals surface area contributed by atoms with E-state index in [-0.39, 0.29) is 17.4 Å². The Kier molecular flexibility index (Phi) is 5.74. The molecule has 3 aromatic rings. The number of halogens is 2. The minimum Gasteiger partial charge on any atom is -0.508 e. The second kappa shape index (κ2) is 8.14. The lowest BCUT2D eigenvalue weighted by atomic mass is 9.71. The van der Waals surface area contributed by atoms with Crippen LogP contribution in [0.5, 0.6) is 5.75 Å². The van der Waals surface area contributed by atoms with Gasteiger partial charge in [-0.2, -0.15) is 0 Å². The Morgan fingerprint density at radius 3 is 2.48 bits per heavy atom. The summed E-state index contributed by atoms with van der Waals surface area (Å²) in [5, 5.41) is 11.4. The van der Waals surface area contributed by atoms with Crippen LogP contribution in [0.15, 0.2) is 77.3 Å². The van der Waals surface area contributed by atoms with E-state index >= 15 is 0 Å². The molecule has 2 nitrogen and oxygen atoms in total. The Morgan fingerprint density at radius 2 is 1.76 bits per heavy atom. The highest BCUT2D eigenvalue weighted by atomic mass is 79.9. The second-order valence-electron chi connectivity index (χ2n) is 8.17. The highest BCUT2D eigenvalue weighted by Crippen LogP contribution is 2.51. The van der Waals surface area contributed by atoms with Crippen molar-refractivity contribution in [2.45, 2.75) is 31.2 Å². The Labute approximate surface area is 186 Å². The lowest BCUT2D eigenvalue weighted by molar-refractivity contribution is 0.246. The van der Waals surface area contributed by atoms with Crippen LogP contribution in [0.2, 0.25) is 5.02 Å². The smallest absolute Gasteiger partial charge is 0.119 e. The van der Waals surface area contributed by atoms with Gasteiger partial charge in [0.2, 0.25) is 0 Å². The van der Waals surface area contributed by atoms with Crippen molar-refractivity contribution in [2.75, 3.05) is 13.1 Å². The van der Waals surface area contributed by atoms with E-state index in [1.165, 1.54) is 11.1 Å². The number of likely N-dealkylation sites (tertiary alicyclic amines) is 1. The van der Waals surface area contributed by atoms with E-state index in [2.05, 4.69) is 83.2 Å². The first-order valence-corrected chi connectivity index (χ1v) is 11.1. The van der Waals surface area contributed by atoms with E-state index in [9.17, 15) is 5.11 Å². The van der Waals surface area contributed by atoms with Gasteiger partial charge in [-0.25, -0.2) is 0 Å². The molecule has 29 heavy (non-hydrogen) atoms. The molecule has 150 valence electrons. The van der Waals surface area contributed by atoms with Crippen LogP contribution in [-0.4, -0.2) is 23.1 Å². The van der Waals surface area contributed by atoms with Gasteiger partial charge in [0.15, 0.2) is 0 Å². The highest BCUT2D eigenvalue weighted by molar-refractivity contribution is 9.10. The molecular weight excluding hydrogens is 446 g/mol. The van der Waals surface area contributed by atoms with Gasteiger partial charge in [0.25, 0.3) is 0 Å². The molecule has 0 unspecified atom stereocenters. The Bertz CT molecular complexity index is 1010. The van der Waals surface area contributed by atoms with Crippen LogP contribution in [0.4, 0.5) is 0 Å². The molecule has 0 amide bonds.